The van der Waals surface area contributed by atoms with E-state index in [1.54, 1.807) is 0 Å². The highest BCUT2D eigenvalue weighted by Gasteiger charge is 2.18. The predicted molar refractivity (Wildman–Crippen MR) is 85.3 cm³/mol. The number of hydrogen-bond acceptors (Lipinski definition) is 2. The van der Waals surface area contributed by atoms with E-state index in [9.17, 15) is 4.79 Å². The van der Waals surface area contributed by atoms with Crippen LogP contribution in [0.2, 0.25) is 0 Å². The molecule has 1 saturated heterocycles. The number of para-hydroxylation sites is 1. The third-order valence-corrected chi connectivity index (χ3v) is 4.37. The van der Waals surface area contributed by atoms with Crippen molar-refractivity contribution in [2.75, 3.05) is 33.2 Å². The zero-order valence-corrected chi connectivity index (χ0v) is 12.6. The highest BCUT2D eigenvalue weighted by Crippen LogP contribution is 2.19. The number of benzene rings is 1. The van der Waals surface area contributed by atoms with Crippen molar-refractivity contribution < 1.29 is 4.79 Å². The second-order valence-corrected chi connectivity index (χ2v) is 5.90. The average Bonchev–Trinajstić information content (AvgIpc) is 2.91. The molecule has 1 fully saturated rings. The molecule has 0 radical (unpaired) electrons. The maximum absolute atomic E-state index is 12.2. The summed E-state index contributed by atoms with van der Waals surface area (Å²) in [5.74, 6) is 0.308. The fourth-order valence-electron chi connectivity index (χ4n) is 2.98. The first kappa shape index (κ1) is 14.1. The highest BCUT2D eigenvalue weighted by atomic mass is 16.2. The smallest absolute Gasteiger partial charge is 0.222 e. The third-order valence-electron chi connectivity index (χ3n) is 4.37. The number of carbonyl (C=O) groups is 1. The summed E-state index contributed by atoms with van der Waals surface area (Å²) in [5, 5.41) is 1.28. The summed E-state index contributed by atoms with van der Waals surface area (Å²) in [6.45, 7) is 3.74. The minimum absolute atomic E-state index is 0.308. The lowest BCUT2D eigenvalue weighted by atomic mass is 10.1. The number of aryl methyl sites for hydroxylation is 1. The van der Waals surface area contributed by atoms with Crippen molar-refractivity contribution in [3.05, 3.63) is 36.0 Å². The van der Waals surface area contributed by atoms with E-state index >= 15 is 0 Å². The van der Waals surface area contributed by atoms with Crippen molar-refractivity contribution in [1.29, 1.82) is 0 Å². The molecule has 3 rings (SSSR count). The molecule has 0 aliphatic carbocycles. The lowest BCUT2D eigenvalue weighted by Gasteiger charge is -2.32. The number of piperazine rings is 1. The van der Waals surface area contributed by atoms with Gasteiger partial charge in [-0.1, -0.05) is 18.2 Å². The molecule has 1 aliphatic rings. The van der Waals surface area contributed by atoms with Crippen LogP contribution in [0.5, 0.6) is 0 Å². The van der Waals surface area contributed by atoms with Gasteiger partial charge < -0.3 is 14.8 Å². The first-order chi connectivity index (χ1) is 10.2. The van der Waals surface area contributed by atoms with E-state index in [2.05, 4.69) is 41.3 Å². The van der Waals surface area contributed by atoms with Crippen LogP contribution in [0.1, 0.15) is 18.4 Å². The molecule has 4 heteroatoms. The Morgan fingerprint density at radius 3 is 2.76 bits per heavy atom. The standard InChI is InChI=1S/C17H23N3O/c1-19-9-11-20(12-10-19)17(21)8-4-5-14-13-18-16-7-3-2-6-15(14)16/h2-3,6-7,13,18H,4-5,8-12H2,1H3. The molecule has 0 spiro atoms. The van der Waals surface area contributed by atoms with Gasteiger partial charge in [-0.25, -0.2) is 0 Å². The van der Waals surface area contributed by atoms with Gasteiger partial charge in [-0.05, 0) is 31.5 Å². The zero-order valence-electron chi connectivity index (χ0n) is 12.6. The molecule has 2 aromatic rings. The molecule has 2 heterocycles. The van der Waals surface area contributed by atoms with Crippen molar-refractivity contribution >= 4 is 16.8 Å². The Balaban J connectivity index is 1.51. The highest BCUT2D eigenvalue weighted by molar-refractivity contribution is 5.83. The number of amides is 1. The van der Waals surface area contributed by atoms with Crippen LogP contribution in [0.15, 0.2) is 30.5 Å². The number of carbonyl (C=O) groups excluding carboxylic acids is 1. The molecular formula is C17H23N3O. The Bertz CT molecular complexity index is 611. The van der Waals surface area contributed by atoms with Gasteiger partial charge in [0.05, 0.1) is 0 Å². The van der Waals surface area contributed by atoms with E-state index in [4.69, 9.17) is 0 Å². The summed E-state index contributed by atoms with van der Waals surface area (Å²) in [5.41, 5.74) is 2.50. The molecule has 1 N–H and O–H groups in total. The Labute approximate surface area is 125 Å². The van der Waals surface area contributed by atoms with Crippen molar-refractivity contribution in [2.24, 2.45) is 0 Å². The van der Waals surface area contributed by atoms with Crippen LogP contribution in [-0.2, 0) is 11.2 Å². The molecule has 1 amide bonds. The number of likely N-dealkylation sites (N-methyl/N-ethyl adjacent to an activating group) is 1. The number of aromatic amines is 1. The molecule has 1 aromatic carbocycles. The largest absolute Gasteiger partial charge is 0.361 e. The van der Waals surface area contributed by atoms with E-state index in [1.165, 1.54) is 16.5 Å². The number of hydrogen-bond donors (Lipinski definition) is 1. The maximum Gasteiger partial charge on any atom is 0.222 e. The van der Waals surface area contributed by atoms with Crippen LogP contribution in [0.4, 0.5) is 0 Å². The number of nitrogens with zero attached hydrogens (tertiary/aromatic N) is 2. The number of aromatic nitrogens is 1. The Kier molecular flexibility index (Phi) is 4.25. The van der Waals surface area contributed by atoms with E-state index in [0.29, 0.717) is 12.3 Å². The second-order valence-electron chi connectivity index (χ2n) is 5.90. The Hall–Kier alpha value is -1.81. The lowest BCUT2D eigenvalue weighted by molar-refractivity contribution is -0.132. The Morgan fingerprint density at radius 2 is 1.95 bits per heavy atom. The fourth-order valence-corrected chi connectivity index (χ4v) is 2.98. The summed E-state index contributed by atoms with van der Waals surface area (Å²) < 4.78 is 0. The molecule has 0 atom stereocenters. The molecular weight excluding hydrogens is 262 g/mol. The Morgan fingerprint density at radius 1 is 1.19 bits per heavy atom. The SMILES string of the molecule is CN1CCN(C(=O)CCCc2c[nH]c3ccccc23)CC1. The lowest BCUT2D eigenvalue weighted by Crippen LogP contribution is -2.47. The fraction of sp³-hybridized carbons (Fsp3) is 0.471. The second kappa shape index (κ2) is 6.31. The van der Waals surface area contributed by atoms with Crippen molar-refractivity contribution in [3.63, 3.8) is 0 Å². The normalized spacial score (nSPS) is 16.5. The van der Waals surface area contributed by atoms with E-state index in [-0.39, 0.29) is 0 Å². The van der Waals surface area contributed by atoms with Crippen molar-refractivity contribution in [1.82, 2.24) is 14.8 Å². The molecule has 1 aromatic heterocycles. The van der Waals surface area contributed by atoms with Gasteiger partial charge in [-0.15, -0.1) is 0 Å². The molecule has 21 heavy (non-hydrogen) atoms. The minimum atomic E-state index is 0.308. The van der Waals surface area contributed by atoms with Gasteiger partial charge in [0.25, 0.3) is 0 Å². The molecule has 112 valence electrons. The van der Waals surface area contributed by atoms with Crippen LogP contribution in [0.25, 0.3) is 10.9 Å². The first-order valence-electron chi connectivity index (χ1n) is 7.75. The number of rotatable bonds is 4. The van der Waals surface area contributed by atoms with Crippen molar-refractivity contribution in [3.8, 4) is 0 Å². The molecule has 0 bridgehead atoms. The van der Waals surface area contributed by atoms with Gasteiger partial charge >= 0.3 is 0 Å². The van der Waals surface area contributed by atoms with Crippen LogP contribution in [0.3, 0.4) is 0 Å². The van der Waals surface area contributed by atoms with Gasteiger partial charge in [-0.3, -0.25) is 4.79 Å². The van der Waals surface area contributed by atoms with Crippen LogP contribution in [0, 0.1) is 0 Å². The first-order valence-corrected chi connectivity index (χ1v) is 7.75. The summed E-state index contributed by atoms with van der Waals surface area (Å²) in [6, 6.07) is 8.34. The monoisotopic (exact) mass is 285 g/mol. The maximum atomic E-state index is 12.2. The summed E-state index contributed by atoms with van der Waals surface area (Å²) >= 11 is 0. The zero-order chi connectivity index (χ0) is 14.7. The molecule has 0 unspecified atom stereocenters. The summed E-state index contributed by atoms with van der Waals surface area (Å²) in [7, 11) is 2.11. The third kappa shape index (κ3) is 3.27. The molecule has 0 saturated carbocycles. The van der Waals surface area contributed by atoms with Crippen molar-refractivity contribution in [2.45, 2.75) is 19.3 Å². The molecule has 4 nitrogen and oxygen atoms in total. The quantitative estimate of drug-likeness (QED) is 0.936. The minimum Gasteiger partial charge on any atom is -0.361 e. The van der Waals surface area contributed by atoms with Gasteiger partial charge in [0.2, 0.25) is 5.91 Å². The van der Waals surface area contributed by atoms with Crippen LogP contribution >= 0.6 is 0 Å². The van der Waals surface area contributed by atoms with Gasteiger partial charge in [0.15, 0.2) is 0 Å². The van der Waals surface area contributed by atoms with Gasteiger partial charge in [0, 0.05) is 49.7 Å². The molecule has 1 aliphatic heterocycles. The number of H-pyrrole nitrogens is 1. The van der Waals surface area contributed by atoms with E-state index in [0.717, 1.165) is 39.0 Å². The van der Waals surface area contributed by atoms with Gasteiger partial charge in [-0.2, -0.15) is 0 Å². The average molecular weight is 285 g/mol. The predicted octanol–water partition coefficient (Wildman–Crippen LogP) is 2.26. The topological polar surface area (TPSA) is 39.3 Å². The van der Waals surface area contributed by atoms with Gasteiger partial charge in [0.1, 0.15) is 0 Å². The van der Waals surface area contributed by atoms with Crippen LogP contribution in [-0.4, -0.2) is 53.9 Å². The van der Waals surface area contributed by atoms with E-state index in [1.807, 2.05) is 11.0 Å². The van der Waals surface area contributed by atoms with Crippen LogP contribution < -0.4 is 0 Å². The number of nitrogens with one attached hydrogen (secondary N) is 1. The van der Waals surface area contributed by atoms with E-state index < -0.39 is 0 Å². The number of fused-ring (bicyclic) bond motifs is 1. The summed E-state index contributed by atoms with van der Waals surface area (Å²) in [4.78, 5) is 19.8. The summed E-state index contributed by atoms with van der Waals surface area (Å²) in [6.07, 6.45) is 4.62.